The molecular weight excluding hydrogens is 247 g/mol. The summed E-state index contributed by atoms with van der Waals surface area (Å²) in [7, 11) is 0. The minimum atomic E-state index is -4.23. The molecule has 1 aliphatic carbocycles. The molecular formula is C12H22F3NO2. The lowest BCUT2D eigenvalue weighted by atomic mass is 9.91. The number of rotatable bonds is 9. The maximum atomic E-state index is 11.8. The molecule has 108 valence electrons. The first kappa shape index (κ1) is 15.7. The molecule has 0 aromatic heterocycles. The van der Waals surface area contributed by atoms with Crippen molar-refractivity contribution in [1.82, 2.24) is 4.90 Å². The summed E-state index contributed by atoms with van der Waals surface area (Å²) >= 11 is 0. The summed E-state index contributed by atoms with van der Waals surface area (Å²) in [5.74, 6) is 0. The number of aliphatic hydroxyl groups is 1. The molecule has 0 aliphatic heterocycles. The molecule has 0 bridgehead atoms. The van der Waals surface area contributed by atoms with E-state index in [-0.39, 0.29) is 13.2 Å². The minimum Gasteiger partial charge on any atom is -0.396 e. The fourth-order valence-corrected chi connectivity index (χ4v) is 2.06. The van der Waals surface area contributed by atoms with Gasteiger partial charge in [-0.1, -0.05) is 6.42 Å². The first-order valence-electron chi connectivity index (χ1n) is 6.52. The Bertz CT molecular complexity index is 220. The predicted molar refractivity (Wildman–Crippen MR) is 62.4 cm³/mol. The van der Waals surface area contributed by atoms with E-state index in [0.29, 0.717) is 12.5 Å². The van der Waals surface area contributed by atoms with Crippen molar-refractivity contribution in [3.05, 3.63) is 0 Å². The van der Waals surface area contributed by atoms with Crippen LogP contribution in [-0.2, 0) is 4.74 Å². The van der Waals surface area contributed by atoms with Gasteiger partial charge in [-0.2, -0.15) is 13.2 Å². The number of ether oxygens (including phenoxy) is 1. The van der Waals surface area contributed by atoms with Gasteiger partial charge < -0.3 is 14.7 Å². The van der Waals surface area contributed by atoms with E-state index in [1.54, 1.807) is 0 Å². The third kappa shape index (κ3) is 6.56. The zero-order valence-electron chi connectivity index (χ0n) is 10.6. The number of nitrogens with zero attached hydrogens (tertiary/aromatic N) is 1. The van der Waals surface area contributed by atoms with Crippen molar-refractivity contribution in [1.29, 1.82) is 0 Å². The molecule has 0 aromatic carbocycles. The van der Waals surface area contributed by atoms with Gasteiger partial charge in [0.15, 0.2) is 0 Å². The Morgan fingerprint density at radius 1 is 1.17 bits per heavy atom. The highest BCUT2D eigenvalue weighted by Gasteiger charge is 2.27. The average molecular weight is 269 g/mol. The van der Waals surface area contributed by atoms with Crippen LogP contribution in [0.5, 0.6) is 0 Å². The summed E-state index contributed by atoms with van der Waals surface area (Å²) < 4.78 is 40.1. The van der Waals surface area contributed by atoms with Crippen molar-refractivity contribution in [2.45, 2.75) is 44.3 Å². The molecule has 0 amide bonds. The van der Waals surface area contributed by atoms with E-state index in [1.165, 1.54) is 6.42 Å². The smallest absolute Gasteiger partial charge is 0.396 e. The van der Waals surface area contributed by atoms with Gasteiger partial charge >= 0.3 is 6.18 Å². The van der Waals surface area contributed by atoms with Crippen LogP contribution in [0.15, 0.2) is 0 Å². The lowest BCUT2D eigenvalue weighted by Crippen LogP contribution is -2.41. The molecule has 1 aliphatic rings. The van der Waals surface area contributed by atoms with Gasteiger partial charge in [-0.3, -0.25) is 0 Å². The zero-order valence-corrected chi connectivity index (χ0v) is 10.6. The van der Waals surface area contributed by atoms with Crippen LogP contribution >= 0.6 is 0 Å². The zero-order chi connectivity index (χ0) is 13.4. The minimum absolute atomic E-state index is 0.141. The lowest BCUT2D eigenvalue weighted by Gasteiger charge is -2.37. The van der Waals surface area contributed by atoms with E-state index in [0.717, 1.165) is 32.4 Å². The molecule has 1 N–H and O–H groups in total. The van der Waals surface area contributed by atoms with Crippen molar-refractivity contribution in [3.63, 3.8) is 0 Å². The Morgan fingerprint density at radius 3 is 2.33 bits per heavy atom. The van der Waals surface area contributed by atoms with Crippen molar-refractivity contribution in [2.24, 2.45) is 0 Å². The predicted octanol–water partition coefficient (Wildman–Crippen LogP) is 2.19. The highest BCUT2D eigenvalue weighted by Crippen LogP contribution is 2.25. The Morgan fingerprint density at radius 2 is 1.83 bits per heavy atom. The van der Waals surface area contributed by atoms with Crippen molar-refractivity contribution < 1.29 is 23.0 Å². The number of aliphatic hydroxyl groups excluding tert-OH is 1. The van der Waals surface area contributed by atoms with Gasteiger partial charge in [-0.25, -0.2) is 0 Å². The van der Waals surface area contributed by atoms with Gasteiger partial charge in [0.05, 0.1) is 0 Å². The lowest BCUT2D eigenvalue weighted by molar-refractivity contribution is -0.174. The summed E-state index contributed by atoms with van der Waals surface area (Å²) in [5.41, 5.74) is 0. The van der Waals surface area contributed by atoms with E-state index >= 15 is 0 Å². The molecule has 18 heavy (non-hydrogen) atoms. The van der Waals surface area contributed by atoms with E-state index in [9.17, 15) is 13.2 Å². The van der Waals surface area contributed by atoms with E-state index in [4.69, 9.17) is 5.11 Å². The normalized spacial score (nSPS) is 17.2. The molecule has 0 radical (unpaired) electrons. The molecule has 0 spiro atoms. The number of halogens is 3. The SMILES string of the molecule is OCCCN(CCCOCC(F)(F)F)C1CCC1. The van der Waals surface area contributed by atoms with Gasteiger partial charge in [0, 0.05) is 32.3 Å². The van der Waals surface area contributed by atoms with E-state index < -0.39 is 12.8 Å². The Kier molecular flexibility index (Phi) is 6.96. The maximum Gasteiger partial charge on any atom is 0.411 e. The summed E-state index contributed by atoms with van der Waals surface area (Å²) in [6.07, 6.45) is 0.650. The quantitative estimate of drug-likeness (QED) is 0.651. The summed E-state index contributed by atoms with van der Waals surface area (Å²) in [5, 5.41) is 8.81. The third-order valence-corrected chi connectivity index (χ3v) is 3.19. The average Bonchev–Trinajstić information content (AvgIpc) is 2.20. The van der Waals surface area contributed by atoms with Gasteiger partial charge in [-0.15, -0.1) is 0 Å². The monoisotopic (exact) mass is 269 g/mol. The van der Waals surface area contributed by atoms with Crippen LogP contribution in [0.3, 0.4) is 0 Å². The van der Waals surface area contributed by atoms with Crippen LogP contribution in [0, 0.1) is 0 Å². The standard InChI is InChI=1S/C12H22F3NO2/c13-12(14,15)10-18-9-3-7-16(6-2-8-17)11-4-1-5-11/h11,17H,1-10H2. The molecule has 0 saturated heterocycles. The molecule has 1 saturated carbocycles. The fraction of sp³-hybridized carbons (Fsp3) is 1.00. The number of alkyl halides is 3. The molecule has 0 heterocycles. The Balaban J connectivity index is 2.09. The molecule has 0 unspecified atom stereocenters. The highest BCUT2D eigenvalue weighted by molar-refractivity contribution is 4.79. The second-order valence-electron chi connectivity index (χ2n) is 4.72. The molecule has 1 fully saturated rings. The summed E-state index contributed by atoms with van der Waals surface area (Å²) in [6.45, 7) is 0.714. The van der Waals surface area contributed by atoms with Crippen molar-refractivity contribution >= 4 is 0 Å². The van der Waals surface area contributed by atoms with Gasteiger partial charge in [-0.05, 0) is 25.7 Å². The third-order valence-electron chi connectivity index (χ3n) is 3.19. The number of hydrogen-bond acceptors (Lipinski definition) is 3. The first-order valence-corrected chi connectivity index (χ1v) is 6.52. The Labute approximate surface area is 106 Å². The van der Waals surface area contributed by atoms with Crippen LogP contribution in [0.2, 0.25) is 0 Å². The van der Waals surface area contributed by atoms with Crippen LogP contribution in [0.4, 0.5) is 13.2 Å². The largest absolute Gasteiger partial charge is 0.411 e. The summed E-state index contributed by atoms with van der Waals surface area (Å²) in [4.78, 5) is 2.26. The second-order valence-corrected chi connectivity index (χ2v) is 4.72. The van der Waals surface area contributed by atoms with Gasteiger partial charge in [0.25, 0.3) is 0 Å². The van der Waals surface area contributed by atoms with Gasteiger partial charge in [0.1, 0.15) is 6.61 Å². The van der Waals surface area contributed by atoms with Crippen LogP contribution < -0.4 is 0 Å². The molecule has 6 heteroatoms. The molecule has 1 rings (SSSR count). The van der Waals surface area contributed by atoms with Crippen molar-refractivity contribution in [3.8, 4) is 0 Å². The first-order chi connectivity index (χ1) is 8.53. The number of hydrogen-bond donors (Lipinski definition) is 1. The van der Waals surface area contributed by atoms with Crippen molar-refractivity contribution in [2.75, 3.05) is 32.9 Å². The van der Waals surface area contributed by atoms with E-state index in [2.05, 4.69) is 9.64 Å². The second kappa shape index (κ2) is 7.96. The summed E-state index contributed by atoms with van der Waals surface area (Å²) in [6, 6.07) is 0.555. The van der Waals surface area contributed by atoms with Crippen LogP contribution in [-0.4, -0.2) is 55.1 Å². The van der Waals surface area contributed by atoms with Crippen LogP contribution in [0.25, 0.3) is 0 Å². The molecule has 0 aromatic rings. The molecule has 3 nitrogen and oxygen atoms in total. The highest BCUT2D eigenvalue weighted by atomic mass is 19.4. The van der Waals surface area contributed by atoms with Crippen LogP contribution in [0.1, 0.15) is 32.1 Å². The van der Waals surface area contributed by atoms with E-state index in [1.807, 2.05) is 0 Å². The molecule has 0 atom stereocenters. The topological polar surface area (TPSA) is 32.7 Å². The van der Waals surface area contributed by atoms with Gasteiger partial charge in [0.2, 0.25) is 0 Å². The Hall–Kier alpha value is -0.330. The maximum absolute atomic E-state index is 11.8. The fourth-order valence-electron chi connectivity index (χ4n) is 2.06.